The molecule has 0 amide bonds. The van der Waals surface area contributed by atoms with Crippen molar-refractivity contribution in [2.75, 3.05) is 4.90 Å². The van der Waals surface area contributed by atoms with Crippen LogP contribution in [-0.4, -0.2) is 19.5 Å². The van der Waals surface area contributed by atoms with E-state index in [9.17, 15) is 0 Å². The molecule has 11 aromatic rings. The number of hydrogen-bond acceptors (Lipinski definition) is 4. The predicted molar refractivity (Wildman–Crippen MR) is 265 cm³/mol. The summed E-state index contributed by atoms with van der Waals surface area (Å²) >= 11 is 0. The summed E-state index contributed by atoms with van der Waals surface area (Å²) in [6.45, 7) is 0. The first kappa shape index (κ1) is 37.1. The number of anilines is 3. The molecule has 0 atom stereocenters. The van der Waals surface area contributed by atoms with Crippen LogP contribution in [-0.2, 0) is 0 Å². The summed E-state index contributed by atoms with van der Waals surface area (Å²) in [5.74, 6) is 1.83. The van der Waals surface area contributed by atoms with E-state index in [1.54, 1.807) is 0 Å². The van der Waals surface area contributed by atoms with Crippen molar-refractivity contribution in [3.8, 4) is 62.1 Å². The van der Waals surface area contributed by atoms with Crippen LogP contribution in [0.2, 0.25) is 0 Å². The molecule has 0 saturated carbocycles. The van der Waals surface area contributed by atoms with Crippen molar-refractivity contribution in [3.05, 3.63) is 236 Å². The number of fused-ring (bicyclic) bond motifs is 5. The Hall–Kier alpha value is -8.67. The highest BCUT2D eigenvalue weighted by atomic mass is 15.2. The van der Waals surface area contributed by atoms with Crippen molar-refractivity contribution >= 4 is 51.0 Å². The Morgan fingerprint density at radius 2 is 0.766 bits per heavy atom. The van der Waals surface area contributed by atoms with E-state index in [-0.39, 0.29) is 0 Å². The highest BCUT2D eigenvalue weighted by Crippen LogP contribution is 2.45. The van der Waals surface area contributed by atoms with Gasteiger partial charge in [0.25, 0.3) is 0 Å². The lowest BCUT2D eigenvalue weighted by Crippen LogP contribution is -2.11. The number of benzene rings is 9. The van der Waals surface area contributed by atoms with Crippen LogP contribution in [0.4, 0.5) is 17.1 Å². The summed E-state index contributed by atoms with van der Waals surface area (Å²) in [6.07, 6.45) is 4.49. The van der Waals surface area contributed by atoms with Crippen molar-refractivity contribution in [1.82, 2.24) is 19.5 Å². The van der Waals surface area contributed by atoms with Gasteiger partial charge >= 0.3 is 0 Å². The molecule has 0 radical (unpaired) electrons. The second-order valence-corrected chi connectivity index (χ2v) is 16.1. The van der Waals surface area contributed by atoms with Crippen LogP contribution < -0.4 is 4.90 Å². The van der Waals surface area contributed by atoms with E-state index >= 15 is 0 Å². The second-order valence-electron chi connectivity index (χ2n) is 16.1. The number of nitrogens with zero attached hydrogens (tertiary/aromatic N) is 5. The van der Waals surface area contributed by atoms with Gasteiger partial charge in [-0.25, -0.2) is 15.0 Å². The monoisotopic (exact) mass is 817 g/mol. The average molecular weight is 818 g/mol. The quantitative estimate of drug-likeness (QED) is 0.161. The fourth-order valence-corrected chi connectivity index (χ4v) is 9.11. The summed E-state index contributed by atoms with van der Waals surface area (Å²) in [6, 6.07) is 79.1. The smallest absolute Gasteiger partial charge is 0.164 e. The van der Waals surface area contributed by atoms with Gasteiger partial charge in [0.2, 0.25) is 0 Å². The van der Waals surface area contributed by atoms with Crippen LogP contribution in [0.15, 0.2) is 224 Å². The number of hydrogen-bond donors (Lipinski definition) is 0. The number of para-hydroxylation sites is 3. The zero-order valence-electron chi connectivity index (χ0n) is 34.8. The van der Waals surface area contributed by atoms with Crippen LogP contribution in [0.5, 0.6) is 0 Å². The largest absolute Gasteiger partial charge is 0.309 e. The minimum atomic E-state index is 0.601. The van der Waals surface area contributed by atoms with E-state index in [1.807, 2.05) is 12.1 Å². The first-order chi connectivity index (χ1) is 31.7. The van der Waals surface area contributed by atoms with E-state index in [4.69, 9.17) is 15.0 Å². The summed E-state index contributed by atoms with van der Waals surface area (Å²) in [5.41, 5.74) is 16.1. The zero-order chi connectivity index (χ0) is 42.4. The molecule has 2 aromatic heterocycles. The minimum absolute atomic E-state index is 0.601. The Kier molecular flexibility index (Phi) is 9.08. The van der Waals surface area contributed by atoms with Crippen LogP contribution in [0.3, 0.4) is 0 Å². The molecule has 0 bridgehead atoms. The Labute approximate surface area is 371 Å². The first-order valence-electron chi connectivity index (χ1n) is 21.6. The molecule has 0 unspecified atom stereocenters. The molecule has 9 aromatic carbocycles. The van der Waals surface area contributed by atoms with Gasteiger partial charge in [0.05, 0.1) is 22.4 Å². The van der Waals surface area contributed by atoms with Crippen LogP contribution in [0.1, 0.15) is 11.1 Å². The zero-order valence-corrected chi connectivity index (χ0v) is 34.8. The standard InChI is InChI=1S/C59H39N5/c1-4-17-40(18-5-1)43-22-14-24-46(35-43)57-60-58(47-25-15-23-44(36-47)41-19-6-2-7-20-41)62-59(61-57)48-26-16-29-50(37-48)64-54-32-13-11-30-51(54)52-38-45-34-33-42-21-10-12-31-53(42)63(55(45)39-56(52)64)49-27-8-3-9-28-49/h1-39H. The lowest BCUT2D eigenvalue weighted by atomic mass is 10.0. The van der Waals surface area contributed by atoms with Gasteiger partial charge < -0.3 is 9.47 Å². The van der Waals surface area contributed by atoms with Gasteiger partial charge in [-0.15, -0.1) is 0 Å². The maximum atomic E-state index is 5.25. The minimum Gasteiger partial charge on any atom is -0.309 e. The molecule has 0 N–H and O–H groups in total. The normalized spacial score (nSPS) is 12.0. The Bertz CT molecular complexity index is 3450. The van der Waals surface area contributed by atoms with E-state index < -0.39 is 0 Å². The fourth-order valence-electron chi connectivity index (χ4n) is 9.11. The topological polar surface area (TPSA) is 46.8 Å². The molecule has 300 valence electrons. The molecule has 5 nitrogen and oxygen atoms in total. The maximum Gasteiger partial charge on any atom is 0.164 e. The van der Waals surface area contributed by atoms with Gasteiger partial charge in [0, 0.05) is 38.8 Å². The molecule has 12 rings (SSSR count). The molecule has 1 aliphatic rings. The van der Waals surface area contributed by atoms with E-state index in [1.165, 1.54) is 16.3 Å². The number of rotatable bonds is 7. The highest BCUT2D eigenvalue weighted by molar-refractivity contribution is 6.12. The van der Waals surface area contributed by atoms with Crippen LogP contribution in [0, 0.1) is 0 Å². The number of aromatic nitrogens is 4. The highest BCUT2D eigenvalue weighted by Gasteiger charge is 2.23. The van der Waals surface area contributed by atoms with Gasteiger partial charge in [0.15, 0.2) is 17.5 Å². The van der Waals surface area contributed by atoms with E-state index in [0.717, 1.165) is 78.3 Å². The maximum absolute atomic E-state index is 5.25. The molecule has 64 heavy (non-hydrogen) atoms. The molecule has 1 aliphatic heterocycles. The van der Waals surface area contributed by atoms with Crippen molar-refractivity contribution in [1.29, 1.82) is 0 Å². The van der Waals surface area contributed by atoms with Crippen molar-refractivity contribution in [2.45, 2.75) is 0 Å². The van der Waals surface area contributed by atoms with Crippen molar-refractivity contribution < 1.29 is 0 Å². The summed E-state index contributed by atoms with van der Waals surface area (Å²) < 4.78 is 2.38. The molecular weight excluding hydrogens is 779 g/mol. The van der Waals surface area contributed by atoms with Gasteiger partial charge in [-0.05, 0) is 94.0 Å². The molecule has 0 saturated heterocycles. The Balaban J connectivity index is 1.04. The lowest BCUT2D eigenvalue weighted by Gasteiger charge is -2.27. The van der Waals surface area contributed by atoms with E-state index in [2.05, 4.69) is 234 Å². The Morgan fingerprint density at radius 3 is 1.42 bits per heavy atom. The lowest BCUT2D eigenvalue weighted by molar-refractivity contribution is 1.07. The molecule has 0 aliphatic carbocycles. The molecule has 3 heterocycles. The third kappa shape index (κ3) is 6.64. The Morgan fingerprint density at radius 1 is 0.281 bits per heavy atom. The van der Waals surface area contributed by atoms with Crippen molar-refractivity contribution in [2.24, 2.45) is 0 Å². The summed E-state index contributed by atoms with van der Waals surface area (Å²) in [7, 11) is 0. The van der Waals surface area contributed by atoms with Gasteiger partial charge in [0.1, 0.15) is 0 Å². The predicted octanol–water partition coefficient (Wildman–Crippen LogP) is 15.3. The van der Waals surface area contributed by atoms with Crippen LogP contribution >= 0.6 is 0 Å². The second kappa shape index (κ2) is 15.7. The average Bonchev–Trinajstić information content (AvgIpc) is 3.60. The molecule has 5 heteroatoms. The van der Waals surface area contributed by atoms with Crippen molar-refractivity contribution in [3.63, 3.8) is 0 Å². The SMILES string of the molecule is C1=Cc2cc3c4ccccc4n(-c4cccc(-c5nc(-c6cccc(-c7ccccc7)c6)nc(-c6cccc(-c7ccccc7)c6)n5)c4)c3cc2N(c2ccccc2)c2ccccc21. The molecule has 0 spiro atoms. The van der Waals surface area contributed by atoms with Gasteiger partial charge in [-0.3, -0.25) is 0 Å². The third-order valence-corrected chi connectivity index (χ3v) is 12.2. The summed E-state index contributed by atoms with van der Waals surface area (Å²) in [4.78, 5) is 18.1. The van der Waals surface area contributed by atoms with E-state index in [0.29, 0.717) is 17.5 Å². The van der Waals surface area contributed by atoms with Crippen LogP contribution in [0.25, 0.3) is 96.1 Å². The van der Waals surface area contributed by atoms with Gasteiger partial charge in [-0.2, -0.15) is 0 Å². The fraction of sp³-hybridized carbons (Fsp3) is 0. The summed E-state index contributed by atoms with van der Waals surface area (Å²) in [5, 5.41) is 2.37. The molecular formula is C59H39N5. The van der Waals surface area contributed by atoms with Gasteiger partial charge in [-0.1, -0.05) is 176 Å². The first-order valence-corrected chi connectivity index (χ1v) is 21.6. The third-order valence-electron chi connectivity index (χ3n) is 12.2. The molecule has 0 fully saturated rings.